The van der Waals surface area contributed by atoms with E-state index in [4.69, 9.17) is 10.7 Å². The zero-order valence-electron chi connectivity index (χ0n) is 14.7. The molecule has 0 aliphatic carbocycles. The van der Waals surface area contributed by atoms with Gasteiger partial charge in [0.2, 0.25) is 0 Å². The van der Waals surface area contributed by atoms with E-state index in [0.29, 0.717) is 0 Å². The number of hydrogen-bond donors (Lipinski definition) is 2. The lowest BCUT2D eigenvalue weighted by Gasteiger charge is -2.31. The van der Waals surface area contributed by atoms with E-state index in [9.17, 15) is 0 Å². The maximum absolute atomic E-state index is 6.13. The summed E-state index contributed by atoms with van der Waals surface area (Å²) in [6.45, 7) is 1.84. The first kappa shape index (κ1) is 16.3. The number of fused-ring (bicyclic) bond motifs is 1. The van der Waals surface area contributed by atoms with E-state index in [1.54, 1.807) is 11.3 Å². The average molecular weight is 377 g/mol. The van der Waals surface area contributed by atoms with Crippen molar-refractivity contribution < 1.29 is 0 Å². The minimum Gasteiger partial charge on any atom is -0.355 e. The van der Waals surface area contributed by atoms with Gasteiger partial charge in [0.05, 0.1) is 33.5 Å². The van der Waals surface area contributed by atoms with E-state index in [1.807, 2.05) is 42.2 Å². The Kier molecular flexibility index (Phi) is 4.06. The fourth-order valence-corrected chi connectivity index (χ4v) is 4.13. The molecule has 4 aromatic rings. The van der Waals surface area contributed by atoms with E-state index in [1.165, 1.54) is 0 Å². The van der Waals surface area contributed by atoms with Crippen LogP contribution >= 0.6 is 11.3 Å². The predicted octanol–water partition coefficient (Wildman–Crippen LogP) is 3.07. The summed E-state index contributed by atoms with van der Waals surface area (Å²) in [7, 11) is 0. The van der Waals surface area contributed by atoms with Gasteiger partial charge in [-0.15, -0.1) is 11.3 Å². The summed E-state index contributed by atoms with van der Waals surface area (Å²) in [4.78, 5) is 16.8. The van der Waals surface area contributed by atoms with Gasteiger partial charge >= 0.3 is 0 Å². The van der Waals surface area contributed by atoms with Gasteiger partial charge in [0, 0.05) is 30.7 Å². The van der Waals surface area contributed by atoms with Crippen molar-refractivity contribution in [1.82, 2.24) is 25.1 Å². The molecule has 0 saturated carbocycles. The highest BCUT2D eigenvalue weighted by Crippen LogP contribution is 2.30. The van der Waals surface area contributed by atoms with Crippen molar-refractivity contribution in [2.45, 2.75) is 18.9 Å². The molecule has 1 aliphatic rings. The Balaban J connectivity index is 1.55. The van der Waals surface area contributed by atoms with E-state index < -0.39 is 0 Å². The van der Waals surface area contributed by atoms with Crippen molar-refractivity contribution in [3.05, 3.63) is 42.2 Å². The molecule has 3 N–H and O–H groups in total. The number of rotatable bonds is 3. The van der Waals surface area contributed by atoms with Crippen LogP contribution in [0.2, 0.25) is 0 Å². The Bertz CT molecular complexity index is 1070. The second-order valence-corrected chi connectivity index (χ2v) is 7.67. The third kappa shape index (κ3) is 3.07. The highest BCUT2D eigenvalue weighted by molar-refractivity contribution is 7.13. The molecule has 0 spiro atoms. The molecule has 27 heavy (non-hydrogen) atoms. The number of aromatic nitrogens is 5. The number of hydrogen-bond acceptors (Lipinski definition) is 7. The number of nitrogens with two attached hydrogens (primary N) is 1. The van der Waals surface area contributed by atoms with Crippen LogP contribution in [-0.2, 0) is 0 Å². The molecule has 1 unspecified atom stereocenters. The Morgan fingerprint density at radius 2 is 2.19 bits per heavy atom. The Labute approximate surface area is 160 Å². The lowest BCUT2D eigenvalue weighted by Crippen LogP contribution is -2.43. The van der Waals surface area contributed by atoms with Crippen molar-refractivity contribution in [3.63, 3.8) is 0 Å². The lowest BCUT2D eigenvalue weighted by atomic mass is 10.1. The van der Waals surface area contributed by atoms with Gasteiger partial charge in [-0.25, -0.2) is 4.98 Å². The maximum atomic E-state index is 6.13. The van der Waals surface area contributed by atoms with Gasteiger partial charge in [-0.2, -0.15) is 5.10 Å². The van der Waals surface area contributed by atoms with Crippen LogP contribution in [0.3, 0.4) is 0 Å². The van der Waals surface area contributed by atoms with Crippen LogP contribution in [0.25, 0.3) is 32.9 Å². The summed E-state index contributed by atoms with van der Waals surface area (Å²) < 4.78 is 0. The SMILES string of the molecule is NC1CCCN(c2cccc(-c3n[nH]c4cnc(-c5cncs5)cc34)n2)C1. The van der Waals surface area contributed by atoms with Crippen LogP contribution in [0.4, 0.5) is 5.82 Å². The quantitative estimate of drug-likeness (QED) is 0.569. The number of anilines is 1. The lowest BCUT2D eigenvalue weighted by molar-refractivity contribution is 0.503. The summed E-state index contributed by atoms with van der Waals surface area (Å²) in [6.07, 6.45) is 5.82. The molecule has 1 fully saturated rings. The number of thiazole rings is 1. The van der Waals surface area contributed by atoms with Gasteiger partial charge in [0.25, 0.3) is 0 Å². The van der Waals surface area contributed by atoms with E-state index in [0.717, 1.165) is 64.6 Å². The van der Waals surface area contributed by atoms with Crippen LogP contribution in [0.5, 0.6) is 0 Å². The Morgan fingerprint density at radius 1 is 1.22 bits per heavy atom. The summed E-state index contributed by atoms with van der Waals surface area (Å²) >= 11 is 1.57. The van der Waals surface area contributed by atoms with E-state index in [2.05, 4.69) is 25.1 Å². The highest BCUT2D eigenvalue weighted by Gasteiger charge is 2.19. The van der Waals surface area contributed by atoms with Crippen molar-refractivity contribution in [3.8, 4) is 22.0 Å². The molecule has 7 nitrogen and oxygen atoms in total. The van der Waals surface area contributed by atoms with E-state index >= 15 is 0 Å². The minimum absolute atomic E-state index is 0.212. The number of nitrogens with one attached hydrogen (secondary N) is 1. The van der Waals surface area contributed by atoms with Crippen molar-refractivity contribution in [1.29, 1.82) is 0 Å². The molecule has 1 aliphatic heterocycles. The predicted molar refractivity (Wildman–Crippen MR) is 108 cm³/mol. The van der Waals surface area contributed by atoms with E-state index in [-0.39, 0.29) is 6.04 Å². The molecule has 5 heterocycles. The molecule has 8 heteroatoms. The van der Waals surface area contributed by atoms with Crippen LogP contribution in [0.15, 0.2) is 42.2 Å². The molecule has 1 saturated heterocycles. The molecule has 1 atom stereocenters. The molecule has 5 rings (SSSR count). The monoisotopic (exact) mass is 377 g/mol. The average Bonchev–Trinajstić information content (AvgIpc) is 3.37. The second kappa shape index (κ2) is 6.71. The van der Waals surface area contributed by atoms with Crippen molar-refractivity contribution >= 4 is 28.1 Å². The molecule has 4 aromatic heterocycles. The van der Waals surface area contributed by atoms with Crippen LogP contribution in [0, 0.1) is 0 Å². The summed E-state index contributed by atoms with van der Waals surface area (Å²) in [6, 6.07) is 8.33. The second-order valence-electron chi connectivity index (χ2n) is 6.78. The highest BCUT2D eigenvalue weighted by atomic mass is 32.1. The minimum atomic E-state index is 0.212. The zero-order valence-corrected chi connectivity index (χ0v) is 15.5. The third-order valence-electron chi connectivity index (χ3n) is 4.89. The third-order valence-corrected chi connectivity index (χ3v) is 5.69. The van der Waals surface area contributed by atoms with Gasteiger partial charge < -0.3 is 10.6 Å². The fraction of sp³-hybridized carbons (Fsp3) is 0.263. The molecular formula is C19H19N7S. The van der Waals surface area contributed by atoms with Crippen molar-refractivity contribution in [2.24, 2.45) is 5.73 Å². The van der Waals surface area contributed by atoms with Gasteiger partial charge in [0.15, 0.2) is 0 Å². The zero-order chi connectivity index (χ0) is 18.2. The first-order valence-electron chi connectivity index (χ1n) is 8.99. The topological polar surface area (TPSA) is 96.6 Å². The van der Waals surface area contributed by atoms with Gasteiger partial charge in [-0.1, -0.05) is 6.07 Å². The van der Waals surface area contributed by atoms with Gasteiger partial charge in [-0.05, 0) is 31.0 Å². The number of aromatic amines is 1. The fourth-order valence-electron chi connectivity index (χ4n) is 3.54. The molecule has 0 radical (unpaired) electrons. The smallest absolute Gasteiger partial charge is 0.129 e. The van der Waals surface area contributed by atoms with Crippen LogP contribution in [0.1, 0.15) is 12.8 Å². The van der Waals surface area contributed by atoms with Crippen molar-refractivity contribution in [2.75, 3.05) is 18.0 Å². The molecular weight excluding hydrogens is 358 g/mol. The molecule has 0 bridgehead atoms. The summed E-state index contributed by atoms with van der Waals surface area (Å²) in [5.41, 5.74) is 11.4. The standard InChI is InChI=1S/C19H19N7S/c20-12-3-2-6-26(10-12)18-5-1-4-14(23-18)19-13-7-15(17-9-21-11-27-17)22-8-16(13)24-25-19/h1,4-5,7-9,11-12H,2-3,6,10,20H2,(H,24,25). The first-order chi connectivity index (χ1) is 13.3. The summed E-state index contributed by atoms with van der Waals surface area (Å²) in [5.74, 6) is 0.954. The normalized spacial score (nSPS) is 17.5. The molecule has 136 valence electrons. The number of pyridine rings is 2. The Hall–Kier alpha value is -2.84. The van der Waals surface area contributed by atoms with Gasteiger partial charge in [-0.3, -0.25) is 15.1 Å². The van der Waals surface area contributed by atoms with Crippen LogP contribution in [-0.4, -0.2) is 44.3 Å². The van der Waals surface area contributed by atoms with Crippen LogP contribution < -0.4 is 10.6 Å². The van der Waals surface area contributed by atoms with Gasteiger partial charge in [0.1, 0.15) is 11.5 Å². The number of nitrogens with zero attached hydrogens (tertiary/aromatic N) is 5. The molecule has 0 amide bonds. The first-order valence-corrected chi connectivity index (χ1v) is 9.87. The largest absolute Gasteiger partial charge is 0.355 e. The summed E-state index contributed by atoms with van der Waals surface area (Å²) in [5, 5.41) is 8.58. The molecule has 0 aromatic carbocycles. The maximum Gasteiger partial charge on any atom is 0.129 e. The Morgan fingerprint density at radius 3 is 3.04 bits per heavy atom. The number of H-pyrrole nitrogens is 1. The number of piperidine rings is 1.